The molecule has 1 amide bonds. The molecule has 0 heterocycles. The Bertz CT molecular complexity index is 588. The lowest BCUT2D eigenvalue weighted by Gasteiger charge is -2.25. The number of aliphatic hydroxyl groups is 1. The van der Waals surface area contributed by atoms with Crippen molar-refractivity contribution in [1.29, 1.82) is 0 Å². The Balaban J connectivity index is 2.10. The van der Waals surface area contributed by atoms with Gasteiger partial charge in [0.1, 0.15) is 0 Å². The van der Waals surface area contributed by atoms with E-state index in [1.54, 1.807) is 0 Å². The van der Waals surface area contributed by atoms with Crippen LogP contribution in [0.3, 0.4) is 0 Å². The molecule has 0 fully saturated rings. The van der Waals surface area contributed by atoms with Gasteiger partial charge in [-0.2, -0.15) is 0 Å². The Morgan fingerprint density at radius 1 is 1.00 bits per heavy atom. The molecule has 0 aliphatic rings. The molecule has 0 saturated carbocycles. The summed E-state index contributed by atoms with van der Waals surface area (Å²) in [5, 5.41) is 11.9. The number of rotatable bonds is 5. The van der Waals surface area contributed by atoms with E-state index in [9.17, 15) is 4.79 Å². The lowest BCUT2D eigenvalue weighted by Crippen LogP contribution is -2.44. The molecule has 0 saturated heterocycles. The van der Waals surface area contributed by atoms with Gasteiger partial charge in [-0.3, -0.25) is 4.79 Å². The second kappa shape index (κ2) is 6.55. The normalized spacial score (nSPS) is 11.2. The van der Waals surface area contributed by atoms with Crippen LogP contribution in [0.25, 0.3) is 11.1 Å². The zero-order valence-corrected chi connectivity index (χ0v) is 12.5. The lowest BCUT2D eigenvalue weighted by atomic mass is 9.99. The predicted molar refractivity (Wildman–Crippen MR) is 85.1 cm³/mol. The van der Waals surface area contributed by atoms with Gasteiger partial charge in [0.2, 0.25) is 0 Å². The maximum Gasteiger partial charge on any atom is 0.251 e. The molecule has 0 spiro atoms. The highest BCUT2D eigenvalue weighted by molar-refractivity contribution is 5.95. The summed E-state index contributed by atoms with van der Waals surface area (Å²) in [5.41, 5.74) is 2.43. The molecule has 3 heteroatoms. The first-order valence-electron chi connectivity index (χ1n) is 7.11. The summed E-state index contributed by atoms with van der Waals surface area (Å²) in [5.74, 6) is -0.118. The summed E-state index contributed by atoms with van der Waals surface area (Å²) in [6.45, 7) is 3.86. The molecule has 0 unspecified atom stereocenters. The SMILES string of the molecule is CC(C)(CCO)NC(=O)c1ccc(-c2ccccc2)cc1. The summed E-state index contributed by atoms with van der Waals surface area (Å²) < 4.78 is 0. The number of nitrogens with one attached hydrogen (secondary N) is 1. The number of hydrogen-bond donors (Lipinski definition) is 2. The molecule has 0 aromatic heterocycles. The van der Waals surface area contributed by atoms with Gasteiger partial charge in [0.15, 0.2) is 0 Å². The Morgan fingerprint density at radius 2 is 1.57 bits per heavy atom. The average Bonchev–Trinajstić information content (AvgIpc) is 2.48. The molecule has 110 valence electrons. The molecule has 0 radical (unpaired) electrons. The van der Waals surface area contributed by atoms with Gasteiger partial charge in [-0.1, -0.05) is 42.5 Å². The number of amides is 1. The van der Waals surface area contributed by atoms with E-state index in [2.05, 4.69) is 5.32 Å². The second-order valence-electron chi connectivity index (χ2n) is 5.75. The summed E-state index contributed by atoms with van der Waals surface area (Å²) in [6, 6.07) is 17.6. The van der Waals surface area contributed by atoms with Crippen LogP contribution in [-0.2, 0) is 0 Å². The maximum atomic E-state index is 12.2. The molecule has 0 aliphatic carbocycles. The number of carbonyl (C=O) groups is 1. The first-order valence-corrected chi connectivity index (χ1v) is 7.11. The lowest BCUT2D eigenvalue weighted by molar-refractivity contribution is 0.0899. The monoisotopic (exact) mass is 283 g/mol. The van der Waals surface area contributed by atoms with E-state index in [0.29, 0.717) is 12.0 Å². The van der Waals surface area contributed by atoms with Gasteiger partial charge in [-0.15, -0.1) is 0 Å². The van der Waals surface area contributed by atoms with Crippen molar-refractivity contribution >= 4 is 5.91 Å². The van der Waals surface area contributed by atoms with Crippen LogP contribution in [0.5, 0.6) is 0 Å². The van der Waals surface area contributed by atoms with Crippen LogP contribution in [-0.4, -0.2) is 23.2 Å². The number of hydrogen-bond acceptors (Lipinski definition) is 2. The molecule has 21 heavy (non-hydrogen) atoms. The smallest absolute Gasteiger partial charge is 0.251 e. The van der Waals surface area contributed by atoms with Crippen LogP contribution in [0.1, 0.15) is 30.6 Å². The van der Waals surface area contributed by atoms with Crippen LogP contribution in [0.2, 0.25) is 0 Å². The molecular weight excluding hydrogens is 262 g/mol. The van der Waals surface area contributed by atoms with E-state index < -0.39 is 5.54 Å². The zero-order valence-electron chi connectivity index (χ0n) is 12.5. The molecule has 3 nitrogen and oxygen atoms in total. The van der Waals surface area contributed by atoms with E-state index in [0.717, 1.165) is 11.1 Å². The van der Waals surface area contributed by atoms with Crippen molar-refractivity contribution < 1.29 is 9.90 Å². The van der Waals surface area contributed by atoms with E-state index >= 15 is 0 Å². The van der Waals surface area contributed by atoms with Crippen molar-refractivity contribution in [2.24, 2.45) is 0 Å². The molecule has 0 aliphatic heterocycles. The molecule has 0 bridgehead atoms. The largest absolute Gasteiger partial charge is 0.396 e. The topological polar surface area (TPSA) is 49.3 Å². The van der Waals surface area contributed by atoms with Crippen LogP contribution < -0.4 is 5.32 Å². The minimum atomic E-state index is -0.413. The third-order valence-electron chi connectivity index (χ3n) is 3.44. The summed E-state index contributed by atoms with van der Waals surface area (Å²) in [4.78, 5) is 12.2. The number of benzene rings is 2. The highest BCUT2D eigenvalue weighted by atomic mass is 16.3. The van der Waals surface area contributed by atoms with E-state index in [1.807, 2.05) is 68.4 Å². The quantitative estimate of drug-likeness (QED) is 0.885. The Kier molecular flexibility index (Phi) is 4.76. The molecular formula is C18H21NO2. The molecule has 2 rings (SSSR count). The molecule has 2 aromatic carbocycles. The third kappa shape index (κ3) is 4.17. The fourth-order valence-corrected chi connectivity index (χ4v) is 2.17. The van der Waals surface area contributed by atoms with Gasteiger partial charge < -0.3 is 10.4 Å². The highest BCUT2D eigenvalue weighted by Crippen LogP contribution is 2.19. The van der Waals surface area contributed by atoms with Crippen LogP contribution >= 0.6 is 0 Å². The fraction of sp³-hybridized carbons (Fsp3) is 0.278. The van der Waals surface area contributed by atoms with Gasteiger partial charge >= 0.3 is 0 Å². The summed E-state index contributed by atoms with van der Waals surface area (Å²) in [7, 11) is 0. The Labute approximate surface area is 125 Å². The van der Waals surface area contributed by atoms with Crippen molar-refractivity contribution in [3.05, 3.63) is 60.2 Å². The minimum absolute atomic E-state index is 0.0558. The van der Waals surface area contributed by atoms with Crippen molar-refractivity contribution in [3.63, 3.8) is 0 Å². The highest BCUT2D eigenvalue weighted by Gasteiger charge is 2.20. The average molecular weight is 283 g/mol. The number of aliphatic hydroxyl groups excluding tert-OH is 1. The summed E-state index contributed by atoms with van der Waals surface area (Å²) in [6.07, 6.45) is 0.529. The van der Waals surface area contributed by atoms with Crippen LogP contribution in [0.15, 0.2) is 54.6 Å². The van der Waals surface area contributed by atoms with Gasteiger partial charge in [0.25, 0.3) is 5.91 Å². The predicted octanol–water partition coefficient (Wildman–Crippen LogP) is 3.24. The standard InChI is InChI=1S/C18H21NO2/c1-18(2,12-13-20)19-17(21)16-10-8-15(9-11-16)14-6-4-3-5-7-14/h3-11,20H,12-13H2,1-2H3,(H,19,21). The van der Waals surface area contributed by atoms with E-state index in [-0.39, 0.29) is 12.5 Å². The van der Waals surface area contributed by atoms with E-state index in [1.165, 1.54) is 0 Å². The van der Waals surface area contributed by atoms with Gasteiger partial charge in [0, 0.05) is 17.7 Å². The minimum Gasteiger partial charge on any atom is -0.396 e. The van der Waals surface area contributed by atoms with Crippen molar-refractivity contribution in [2.75, 3.05) is 6.61 Å². The third-order valence-corrected chi connectivity index (χ3v) is 3.44. The van der Waals surface area contributed by atoms with Gasteiger partial charge in [-0.05, 0) is 43.5 Å². The zero-order chi connectivity index (χ0) is 15.3. The Morgan fingerprint density at radius 3 is 2.14 bits per heavy atom. The molecule has 0 atom stereocenters. The fourth-order valence-electron chi connectivity index (χ4n) is 2.17. The van der Waals surface area contributed by atoms with Crippen LogP contribution in [0.4, 0.5) is 0 Å². The second-order valence-corrected chi connectivity index (χ2v) is 5.75. The summed E-state index contributed by atoms with van der Waals surface area (Å²) >= 11 is 0. The first kappa shape index (κ1) is 15.3. The van der Waals surface area contributed by atoms with Crippen molar-refractivity contribution in [1.82, 2.24) is 5.32 Å². The first-order chi connectivity index (χ1) is 10.0. The van der Waals surface area contributed by atoms with Crippen molar-refractivity contribution in [2.45, 2.75) is 25.8 Å². The molecule has 2 N–H and O–H groups in total. The number of carbonyl (C=O) groups excluding carboxylic acids is 1. The Hall–Kier alpha value is -2.13. The van der Waals surface area contributed by atoms with Crippen molar-refractivity contribution in [3.8, 4) is 11.1 Å². The van der Waals surface area contributed by atoms with Crippen LogP contribution in [0, 0.1) is 0 Å². The van der Waals surface area contributed by atoms with Gasteiger partial charge in [-0.25, -0.2) is 0 Å². The maximum absolute atomic E-state index is 12.2. The van der Waals surface area contributed by atoms with Gasteiger partial charge in [0.05, 0.1) is 0 Å². The molecule has 2 aromatic rings. The van der Waals surface area contributed by atoms with E-state index in [4.69, 9.17) is 5.11 Å².